The first kappa shape index (κ1) is 13.5. The fourth-order valence-electron chi connectivity index (χ4n) is 2.55. The molecule has 5 nitrogen and oxygen atoms in total. The molecule has 0 bridgehead atoms. The van der Waals surface area contributed by atoms with Crippen molar-refractivity contribution in [2.24, 2.45) is 0 Å². The number of aliphatic hydroxyl groups excluding tert-OH is 1. The molecule has 20 heavy (non-hydrogen) atoms. The minimum Gasteiger partial charge on any atom is -0.395 e. The third-order valence-electron chi connectivity index (χ3n) is 3.63. The second-order valence-corrected chi connectivity index (χ2v) is 5.35. The lowest BCUT2D eigenvalue weighted by molar-refractivity contribution is 0.150. The van der Waals surface area contributed by atoms with Crippen LogP contribution in [0.3, 0.4) is 0 Å². The van der Waals surface area contributed by atoms with Gasteiger partial charge < -0.3 is 9.63 Å². The predicted molar refractivity (Wildman–Crippen MR) is 75.3 cm³/mol. The zero-order valence-corrected chi connectivity index (χ0v) is 11.8. The first-order chi connectivity index (χ1) is 9.78. The van der Waals surface area contributed by atoms with Gasteiger partial charge in [0.1, 0.15) is 0 Å². The van der Waals surface area contributed by atoms with E-state index in [1.165, 1.54) is 0 Å². The van der Waals surface area contributed by atoms with Crippen molar-refractivity contribution in [1.82, 2.24) is 15.0 Å². The Morgan fingerprint density at radius 2 is 2.25 bits per heavy atom. The molecule has 1 aromatic carbocycles. The second kappa shape index (κ2) is 5.91. The van der Waals surface area contributed by atoms with Crippen molar-refractivity contribution in [2.45, 2.75) is 25.4 Å². The van der Waals surface area contributed by atoms with Crippen LogP contribution >= 0.6 is 11.6 Å². The first-order valence-corrected chi connectivity index (χ1v) is 7.08. The Hall–Kier alpha value is -1.43. The number of hydrogen-bond donors (Lipinski definition) is 1. The van der Waals surface area contributed by atoms with E-state index < -0.39 is 0 Å². The van der Waals surface area contributed by atoms with Gasteiger partial charge in [-0.2, -0.15) is 4.98 Å². The Balaban J connectivity index is 1.76. The van der Waals surface area contributed by atoms with Crippen LogP contribution in [-0.4, -0.2) is 39.3 Å². The van der Waals surface area contributed by atoms with E-state index in [2.05, 4.69) is 15.0 Å². The van der Waals surface area contributed by atoms with Gasteiger partial charge in [-0.3, -0.25) is 4.90 Å². The van der Waals surface area contributed by atoms with Crippen molar-refractivity contribution in [1.29, 1.82) is 0 Å². The molecule has 0 saturated carbocycles. The number of aliphatic hydroxyl groups is 1. The number of nitrogens with zero attached hydrogens (tertiary/aromatic N) is 3. The van der Waals surface area contributed by atoms with Crippen LogP contribution in [0, 0.1) is 0 Å². The van der Waals surface area contributed by atoms with Gasteiger partial charge in [-0.05, 0) is 31.5 Å². The Labute approximate surface area is 122 Å². The molecular formula is C14H16ClN3O2. The summed E-state index contributed by atoms with van der Waals surface area (Å²) in [7, 11) is 0. The topological polar surface area (TPSA) is 62.4 Å². The third kappa shape index (κ3) is 2.70. The molecule has 1 aliphatic heterocycles. The van der Waals surface area contributed by atoms with Crippen molar-refractivity contribution in [3.8, 4) is 11.5 Å². The van der Waals surface area contributed by atoms with Crippen molar-refractivity contribution in [2.75, 3.05) is 13.2 Å². The van der Waals surface area contributed by atoms with E-state index in [-0.39, 0.29) is 12.6 Å². The monoisotopic (exact) mass is 293 g/mol. The average molecular weight is 294 g/mol. The zero-order chi connectivity index (χ0) is 13.9. The second-order valence-electron chi connectivity index (χ2n) is 4.94. The van der Waals surface area contributed by atoms with E-state index in [0.29, 0.717) is 23.3 Å². The Morgan fingerprint density at radius 1 is 1.40 bits per heavy atom. The molecule has 3 rings (SSSR count). The summed E-state index contributed by atoms with van der Waals surface area (Å²) in [6, 6.07) is 7.60. The summed E-state index contributed by atoms with van der Waals surface area (Å²) in [6.45, 7) is 1.73. The van der Waals surface area contributed by atoms with Gasteiger partial charge in [0.2, 0.25) is 0 Å². The van der Waals surface area contributed by atoms with E-state index >= 15 is 0 Å². The highest BCUT2D eigenvalue weighted by atomic mass is 35.5. The van der Waals surface area contributed by atoms with Crippen molar-refractivity contribution < 1.29 is 9.63 Å². The number of rotatable bonds is 4. The smallest absolute Gasteiger partial charge is 0.259 e. The summed E-state index contributed by atoms with van der Waals surface area (Å²) in [5.74, 6) is 1.06. The van der Waals surface area contributed by atoms with E-state index in [4.69, 9.17) is 16.1 Å². The maximum atomic E-state index is 9.31. The lowest BCUT2D eigenvalue weighted by Crippen LogP contribution is -2.31. The maximum absolute atomic E-state index is 9.31. The zero-order valence-electron chi connectivity index (χ0n) is 11.0. The lowest BCUT2D eigenvalue weighted by atomic mass is 10.2. The standard InChI is InChI=1S/C14H16ClN3O2/c15-12-6-2-1-5-11(12)14-16-13(17-20-14)8-18-7-3-4-10(18)9-19/h1-2,5-6,10,19H,3-4,7-9H2/t10-/m1/s1. The summed E-state index contributed by atoms with van der Waals surface area (Å²) < 4.78 is 5.28. The van der Waals surface area contributed by atoms with Crippen LogP contribution < -0.4 is 0 Å². The number of halogens is 1. The van der Waals surface area contributed by atoms with E-state index in [1.54, 1.807) is 6.07 Å². The van der Waals surface area contributed by atoms with Gasteiger partial charge in [0.25, 0.3) is 5.89 Å². The fraction of sp³-hybridized carbons (Fsp3) is 0.429. The molecule has 1 fully saturated rings. The molecule has 1 aliphatic rings. The first-order valence-electron chi connectivity index (χ1n) is 6.70. The molecule has 106 valence electrons. The molecule has 0 unspecified atom stereocenters. The van der Waals surface area contributed by atoms with Crippen molar-refractivity contribution in [3.63, 3.8) is 0 Å². The van der Waals surface area contributed by atoms with Gasteiger partial charge in [0.05, 0.1) is 23.7 Å². The van der Waals surface area contributed by atoms with Gasteiger partial charge in [0.15, 0.2) is 5.82 Å². The van der Waals surface area contributed by atoms with Crippen LogP contribution in [0.4, 0.5) is 0 Å². The summed E-state index contributed by atoms with van der Waals surface area (Å²) in [5, 5.41) is 13.9. The van der Waals surface area contributed by atoms with E-state index in [0.717, 1.165) is 24.9 Å². The van der Waals surface area contributed by atoms with Crippen molar-refractivity contribution in [3.05, 3.63) is 35.1 Å². The minimum atomic E-state index is 0.176. The van der Waals surface area contributed by atoms with Gasteiger partial charge >= 0.3 is 0 Å². The van der Waals surface area contributed by atoms with Crippen LogP contribution in [0.1, 0.15) is 18.7 Å². The van der Waals surface area contributed by atoms with Crippen LogP contribution in [-0.2, 0) is 6.54 Å². The van der Waals surface area contributed by atoms with Gasteiger partial charge in [-0.15, -0.1) is 0 Å². The molecule has 1 saturated heterocycles. The highest BCUT2D eigenvalue weighted by molar-refractivity contribution is 6.33. The third-order valence-corrected chi connectivity index (χ3v) is 3.96. The largest absolute Gasteiger partial charge is 0.395 e. The maximum Gasteiger partial charge on any atom is 0.259 e. The van der Waals surface area contributed by atoms with Crippen molar-refractivity contribution >= 4 is 11.6 Å². The molecule has 1 aromatic heterocycles. The number of likely N-dealkylation sites (tertiary alicyclic amines) is 1. The molecule has 2 aromatic rings. The average Bonchev–Trinajstić information content (AvgIpc) is 3.09. The SMILES string of the molecule is OC[C@H]1CCCN1Cc1noc(-c2ccccc2Cl)n1. The predicted octanol–water partition coefficient (Wildman–Crippen LogP) is 2.35. The number of benzene rings is 1. The Kier molecular flexibility index (Phi) is 4.00. The van der Waals surface area contributed by atoms with Crippen LogP contribution in [0.25, 0.3) is 11.5 Å². The Morgan fingerprint density at radius 3 is 3.05 bits per heavy atom. The fourth-order valence-corrected chi connectivity index (χ4v) is 2.77. The van der Waals surface area contributed by atoms with E-state index in [9.17, 15) is 5.11 Å². The van der Waals surface area contributed by atoms with Crippen LogP contribution in [0.2, 0.25) is 5.02 Å². The summed E-state index contributed by atoms with van der Waals surface area (Å²) in [6.07, 6.45) is 2.12. The molecule has 2 heterocycles. The van der Waals surface area contributed by atoms with Gasteiger partial charge in [-0.25, -0.2) is 0 Å². The molecule has 0 amide bonds. The molecule has 6 heteroatoms. The molecule has 1 atom stereocenters. The van der Waals surface area contributed by atoms with Gasteiger partial charge in [0, 0.05) is 6.04 Å². The Bertz CT molecular complexity index is 587. The molecule has 0 radical (unpaired) electrons. The molecule has 0 aliphatic carbocycles. The molecule has 1 N–H and O–H groups in total. The molecular weight excluding hydrogens is 278 g/mol. The highest BCUT2D eigenvalue weighted by Crippen LogP contribution is 2.26. The van der Waals surface area contributed by atoms with E-state index in [1.807, 2.05) is 18.2 Å². The summed E-state index contributed by atoms with van der Waals surface area (Å²) >= 11 is 6.11. The molecule has 0 spiro atoms. The normalized spacial score (nSPS) is 19.6. The quantitative estimate of drug-likeness (QED) is 0.937. The van der Waals surface area contributed by atoms with Crippen LogP contribution in [0.5, 0.6) is 0 Å². The summed E-state index contributed by atoms with van der Waals surface area (Å²) in [4.78, 5) is 6.57. The highest BCUT2D eigenvalue weighted by Gasteiger charge is 2.25. The minimum absolute atomic E-state index is 0.176. The van der Waals surface area contributed by atoms with Crippen LogP contribution in [0.15, 0.2) is 28.8 Å². The lowest BCUT2D eigenvalue weighted by Gasteiger charge is -2.20. The number of aromatic nitrogens is 2. The number of hydrogen-bond acceptors (Lipinski definition) is 5. The summed E-state index contributed by atoms with van der Waals surface area (Å²) in [5.41, 5.74) is 0.744. The van der Waals surface area contributed by atoms with Gasteiger partial charge in [-0.1, -0.05) is 28.9 Å².